The van der Waals surface area contributed by atoms with E-state index in [1.165, 1.54) is 51.4 Å². The van der Waals surface area contributed by atoms with E-state index < -0.39 is 0 Å². The highest BCUT2D eigenvalue weighted by molar-refractivity contribution is 4.99. The molecule has 4 aliphatic carbocycles. The SMILES string of the molecule is COCO[C@@H]1CC[C@H]2[C@H](CC[C@@H]3[C@@H]2CC[C@@H]2C[C@@H](O)CC[C@H]23)C1. The van der Waals surface area contributed by atoms with Crippen molar-refractivity contribution in [3.8, 4) is 0 Å². The van der Waals surface area contributed by atoms with Gasteiger partial charge in [-0.3, -0.25) is 0 Å². The molecule has 3 heteroatoms. The minimum absolute atomic E-state index is 0.00230. The Hall–Kier alpha value is -0.120. The summed E-state index contributed by atoms with van der Waals surface area (Å²) in [6.45, 7) is 0.459. The van der Waals surface area contributed by atoms with E-state index in [1.54, 1.807) is 7.11 Å². The first-order valence-corrected chi connectivity index (χ1v) is 10.0. The average molecular weight is 322 g/mol. The molecule has 0 aromatic heterocycles. The van der Waals surface area contributed by atoms with E-state index in [0.29, 0.717) is 12.9 Å². The van der Waals surface area contributed by atoms with Crippen LogP contribution in [0.2, 0.25) is 0 Å². The fourth-order valence-electron chi connectivity index (χ4n) is 6.92. The molecule has 4 fully saturated rings. The number of fused-ring (bicyclic) bond motifs is 5. The molecule has 0 aromatic rings. The van der Waals surface area contributed by atoms with Crippen molar-refractivity contribution in [3.05, 3.63) is 0 Å². The summed E-state index contributed by atoms with van der Waals surface area (Å²) in [5.41, 5.74) is 0. The van der Waals surface area contributed by atoms with Gasteiger partial charge in [-0.05, 0) is 99.7 Å². The molecule has 0 saturated heterocycles. The van der Waals surface area contributed by atoms with E-state index in [9.17, 15) is 5.11 Å². The van der Waals surface area contributed by atoms with Gasteiger partial charge in [0.2, 0.25) is 0 Å². The van der Waals surface area contributed by atoms with E-state index in [-0.39, 0.29) is 6.10 Å². The maximum Gasteiger partial charge on any atom is 0.146 e. The average Bonchev–Trinajstić information content (AvgIpc) is 2.58. The van der Waals surface area contributed by atoms with Crippen LogP contribution in [-0.2, 0) is 9.47 Å². The van der Waals surface area contributed by atoms with Gasteiger partial charge in [-0.1, -0.05) is 0 Å². The molecule has 23 heavy (non-hydrogen) atoms. The lowest BCUT2D eigenvalue weighted by Crippen LogP contribution is -2.48. The van der Waals surface area contributed by atoms with E-state index in [4.69, 9.17) is 9.47 Å². The second kappa shape index (κ2) is 7.01. The third kappa shape index (κ3) is 3.21. The van der Waals surface area contributed by atoms with Crippen molar-refractivity contribution in [1.82, 2.24) is 0 Å². The van der Waals surface area contributed by atoms with Crippen LogP contribution in [-0.4, -0.2) is 31.2 Å². The molecule has 132 valence electrons. The van der Waals surface area contributed by atoms with Gasteiger partial charge in [0.05, 0.1) is 12.2 Å². The number of methoxy groups -OCH3 is 1. The summed E-state index contributed by atoms with van der Waals surface area (Å²) < 4.78 is 11.0. The Morgan fingerprint density at radius 2 is 1.35 bits per heavy atom. The second-order valence-electron chi connectivity index (χ2n) is 8.81. The summed E-state index contributed by atoms with van der Waals surface area (Å²) in [7, 11) is 1.72. The normalized spacial score (nSPS) is 49.8. The van der Waals surface area contributed by atoms with Crippen LogP contribution in [0.15, 0.2) is 0 Å². The van der Waals surface area contributed by atoms with E-state index in [2.05, 4.69) is 0 Å². The zero-order chi connectivity index (χ0) is 15.8. The molecule has 0 unspecified atom stereocenters. The van der Waals surface area contributed by atoms with Gasteiger partial charge in [-0.25, -0.2) is 0 Å². The number of hydrogen-bond donors (Lipinski definition) is 1. The van der Waals surface area contributed by atoms with Crippen molar-refractivity contribution in [2.75, 3.05) is 13.9 Å². The molecule has 0 aliphatic heterocycles. The Labute approximate surface area is 141 Å². The lowest BCUT2D eigenvalue weighted by atomic mass is 9.51. The van der Waals surface area contributed by atoms with Gasteiger partial charge < -0.3 is 14.6 Å². The number of aliphatic hydroxyl groups is 1. The first-order valence-electron chi connectivity index (χ1n) is 10.0. The smallest absolute Gasteiger partial charge is 0.146 e. The maximum atomic E-state index is 10.0. The van der Waals surface area contributed by atoms with Crippen LogP contribution in [0, 0.1) is 35.5 Å². The van der Waals surface area contributed by atoms with Crippen molar-refractivity contribution in [1.29, 1.82) is 0 Å². The Morgan fingerprint density at radius 1 is 0.739 bits per heavy atom. The van der Waals surface area contributed by atoms with Crippen LogP contribution < -0.4 is 0 Å². The highest BCUT2D eigenvalue weighted by Gasteiger charge is 2.49. The standard InChI is InChI=1S/C20H34O3/c1-22-12-23-16-5-9-18-14(11-16)3-7-19-17-8-4-15(21)10-13(17)2-6-20(18)19/h13-21H,2-12H2,1H3/t13-,14-,15+,16-,17-,18+,19+,20-/m1/s1. The predicted molar refractivity (Wildman–Crippen MR) is 89.9 cm³/mol. The van der Waals surface area contributed by atoms with Crippen molar-refractivity contribution in [2.24, 2.45) is 35.5 Å². The monoisotopic (exact) mass is 322 g/mol. The zero-order valence-corrected chi connectivity index (χ0v) is 14.7. The molecule has 0 amide bonds. The maximum absolute atomic E-state index is 10.0. The second-order valence-corrected chi connectivity index (χ2v) is 8.81. The Kier molecular flexibility index (Phi) is 4.99. The number of rotatable bonds is 3. The Bertz CT molecular complexity index is 398. The molecule has 4 rings (SSSR count). The molecule has 0 bridgehead atoms. The van der Waals surface area contributed by atoms with Crippen molar-refractivity contribution in [2.45, 2.75) is 76.4 Å². The molecule has 0 radical (unpaired) electrons. The lowest BCUT2D eigenvalue weighted by Gasteiger charge is -2.55. The highest BCUT2D eigenvalue weighted by atomic mass is 16.7. The molecule has 4 aliphatic rings. The first kappa shape index (κ1) is 16.4. The van der Waals surface area contributed by atoms with Crippen LogP contribution in [0.4, 0.5) is 0 Å². The van der Waals surface area contributed by atoms with Gasteiger partial charge >= 0.3 is 0 Å². The molecule has 0 heterocycles. The number of hydrogen-bond acceptors (Lipinski definition) is 3. The van der Waals surface area contributed by atoms with Crippen LogP contribution in [0.25, 0.3) is 0 Å². The van der Waals surface area contributed by atoms with Crippen LogP contribution in [0.3, 0.4) is 0 Å². The fourth-order valence-corrected chi connectivity index (χ4v) is 6.92. The third-order valence-electron chi connectivity index (χ3n) is 7.82. The summed E-state index contributed by atoms with van der Waals surface area (Å²) in [6, 6.07) is 0. The van der Waals surface area contributed by atoms with Gasteiger partial charge in [0.1, 0.15) is 6.79 Å². The molecule has 0 aromatic carbocycles. The molecular weight excluding hydrogens is 288 g/mol. The number of aliphatic hydroxyl groups excluding tert-OH is 1. The molecule has 0 spiro atoms. The van der Waals surface area contributed by atoms with Crippen LogP contribution >= 0.6 is 0 Å². The van der Waals surface area contributed by atoms with Crippen molar-refractivity contribution >= 4 is 0 Å². The van der Waals surface area contributed by atoms with Gasteiger partial charge in [0.15, 0.2) is 0 Å². The molecular formula is C20H34O3. The Balaban J connectivity index is 1.40. The summed E-state index contributed by atoms with van der Waals surface area (Å²) in [6.07, 6.45) is 13.4. The van der Waals surface area contributed by atoms with E-state index in [0.717, 1.165) is 48.3 Å². The predicted octanol–water partition coefficient (Wildman–Crippen LogP) is 3.99. The lowest BCUT2D eigenvalue weighted by molar-refractivity contribution is -0.118. The minimum Gasteiger partial charge on any atom is -0.393 e. The highest BCUT2D eigenvalue weighted by Crippen LogP contribution is 2.57. The Morgan fingerprint density at radius 3 is 2.04 bits per heavy atom. The van der Waals surface area contributed by atoms with E-state index in [1.807, 2.05) is 0 Å². The molecule has 4 saturated carbocycles. The topological polar surface area (TPSA) is 38.7 Å². The largest absolute Gasteiger partial charge is 0.393 e. The summed E-state index contributed by atoms with van der Waals surface area (Å²) in [5, 5.41) is 10.0. The van der Waals surface area contributed by atoms with Gasteiger partial charge in [-0.15, -0.1) is 0 Å². The van der Waals surface area contributed by atoms with Gasteiger partial charge in [-0.2, -0.15) is 0 Å². The first-order chi connectivity index (χ1) is 11.3. The molecule has 1 N–H and O–H groups in total. The quantitative estimate of drug-likeness (QED) is 0.799. The van der Waals surface area contributed by atoms with Crippen LogP contribution in [0.5, 0.6) is 0 Å². The number of ether oxygens (including phenoxy) is 2. The van der Waals surface area contributed by atoms with Crippen LogP contribution in [0.1, 0.15) is 64.2 Å². The summed E-state index contributed by atoms with van der Waals surface area (Å²) >= 11 is 0. The molecule has 3 nitrogen and oxygen atoms in total. The zero-order valence-electron chi connectivity index (χ0n) is 14.7. The molecule has 8 atom stereocenters. The fraction of sp³-hybridized carbons (Fsp3) is 1.00. The van der Waals surface area contributed by atoms with Gasteiger partial charge in [0.25, 0.3) is 0 Å². The summed E-state index contributed by atoms with van der Waals surface area (Å²) in [5.74, 6) is 5.58. The third-order valence-corrected chi connectivity index (χ3v) is 7.82. The van der Waals surface area contributed by atoms with Crippen molar-refractivity contribution < 1.29 is 14.6 Å². The minimum atomic E-state index is -0.00230. The summed E-state index contributed by atoms with van der Waals surface area (Å²) in [4.78, 5) is 0. The van der Waals surface area contributed by atoms with E-state index >= 15 is 0 Å². The van der Waals surface area contributed by atoms with Crippen molar-refractivity contribution in [3.63, 3.8) is 0 Å². The van der Waals surface area contributed by atoms with Gasteiger partial charge in [0, 0.05) is 7.11 Å².